The van der Waals surface area contributed by atoms with Gasteiger partial charge in [0, 0.05) is 4.47 Å². The first-order chi connectivity index (χ1) is 9.70. The Balaban J connectivity index is 2.06. The van der Waals surface area contributed by atoms with Gasteiger partial charge in [-0.1, -0.05) is 48.2 Å². The summed E-state index contributed by atoms with van der Waals surface area (Å²) in [6, 6.07) is 5.11. The predicted octanol–water partition coefficient (Wildman–Crippen LogP) is 4.94. The third-order valence-corrected chi connectivity index (χ3v) is 5.21. The molecular weight excluding hydrogens is 317 g/mol. The molecule has 0 bridgehead atoms. The van der Waals surface area contributed by atoms with Gasteiger partial charge in [-0.15, -0.1) is 0 Å². The van der Waals surface area contributed by atoms with Gasteiger partial charge in [0.15, 0.2) is 0 Å². The second kappa shape index (κ2) is 8.14. The van der Waals surface area contributed by atoms with Gasteiger partial charge in [0.05, 0.1) is 0 Å². The van der Waals surface area contributed by atoms with Crippen LogP contribution in [0, 0.1) is 17.7 Å². The Bertz CT molecular complexity index is 421. The summed E-state index contributed by atoms with van der Waals surface area (Å²) in [7, 11) is 0. The van der Waals surface area contributed by atoms with Crippen molar-refractivity contribution < 1.29 is 4.39 Å². The van der Waals surface area contributed by atoms with Crippen LogP contribution >= 0.6 is 15.9 Å². The molecule has 2 atom stereocenters. The van der Waals surface area contributed by atoms with Crippen molar-refractivity contribution in [1.82, 2.24) is 5.32 Å². The molecule has 2 unspecified atom stereocenters. The van der Waals surface area contributed by atoms with Crippen molar-refractivity contribution in [2.24, 2.45) is 11.8 Å². The second-order valence-electron chi connectivity index (χ2n) is 5.91. The molecule has 0 radical (unpaired) electrons. The lowest BCUT2D eigenvalue weighted by molar-refractivity contribution is 0.299. The fourth-order valence-electron chi connectivity index (χ4n) is 3.30. The van der Waals surface area contributed by atoms with Crippen molar-refractivity contribution >= 4 is 15.9 Å². The average molecular weight is 342 g/mol. The van der Waals surface area contributed by atoms with E-state index in [1.165, 1.54) is 37.7 Å². The van der Waals surface area contributed by atoms with E-state index in [4.69, 9.17) is 0 Å². The van der Waals surface area contributed by atoms with Crippen LogP contribution in [-0.4, -0.2) is 13.1 Å². The van der Waals surface area contributed by atoms with Gasteiger partial charge in [-0.25, -0.2) is 4.39 Å². The Hall–Kier alpha value is -0.410. The fourth-order valence-corrected chi connectivity index (χ4v) is 3.81. The van der Waals surface area contributed by atoms with Crippen molar-refractivity contribution in [3.05, 3.63) is 34.1 Å². The van der Waals surface area contributed by atoms with Crippen LogP contribution in [0.15, 0.2) is 22.7 Å². The number of halogens is 2. The van der Waals surface area contributed by atoms with E-state index in [9.17, 15) is 4.39 Å². The third kappa shape index (κ3) is 4.56. The van der Waals surface area contributed by atoms with Crippen LogP contribution < -0.4 is 5.32 Å². The molecule has 20 heavy (non-hydrogen) atoms. The summed E-state index contributed by atoms with van der Waals surface area (Å²) in [6.45, 7) is 4.34. The molecule has 1 aliphatic carbocycles. The maximum absolute atomic E-state index is 13.2. The molecule has 0 saturated heterocycles. The number of hydrogen-bond donors (Lipinski definition) is 1. The second-order valence-corrected chi connectivity index (χ2v) is 6.76. The van der Waals surface area contributed by atoms with E-state index in [0.29, 0.717) is 0 Å². The van der Waals surface area contributed by atoms with Crippen LogP contribution in [0.3, 0.4) is 0 Å². The van der Waals surface area contributed by atoms with Gasteiger partial charge in [-0.05, 0) is 61.9 Å². The van der Waals surface area contributed by atoms with Crippen molar-refractivity contribution in [2.45, 2.75) is 45.4 Å². The molecule has 1 saturated carbocycles. The molecule has 0 aromatic heterocycles. The molecule has 0 heterocycles. The summed E-state index contributed by atoms with van der Waals surface area (Å²) in [5, 5.41) is 3.51. The zero-order chi connectivity index (χ0) is 14.4. The minimum Gasteiger partial charge on any atom is -0.317 e. The molecule has 2 rings (SSSR count). The van der Waals surface area contributed by atoms with Crippen molar-refractivity contribution in [1.29, 1.82) is 0 Å². The molecular formula is C17H25BrFN. The monoisotopic (exact) mass is 341 g/mol. The van der Waals surface area contributed by atoms with Crippen LogP contribution in [0.4, 0.5) is 4.39 Å². The average Bonchev–Trinajstić information content (AvgIpc) is 2.65. The molecule has 1 aromatic carbocycles. The molecule has 0 amide bonds. The molecule has 1 aliphatic rings. The van der Waals surface area contributed by atoms with Gasteiger partial charge in [-0.2, -0.15) is 0 Å². The van der Waals surface area contributed by atoms with Crippen LogP contribution in [0.25, 0.3) is 0 Å². The van der Waals surface area contributed by atoms with Crippen LogP contribution in [0.2, 0.25) is 0 Å². The van der Waals surface area contributed by atoms with Crippen LogP contribution in [-0.2, 0) is 6.42 Å². The summed E-state index contributed by atoms with van der Waals surface area (Å²) >= 11 is 3.51. The molecule has 0 spiro atoms. The minimum atomic E-state index is -0.161. The fraction of sp³-hybridized carbons (Fsp3) is 0.647. The van der Waals surface area contributed by atoms with Gasteiger partial charge < -0.3 is 5.32 Å². The first kappa shape index (κ1) is 16.0. The van der Waals surface area contributed by atoms with E-state index in [2.05, 4.69) is 28.2 Å². The Morgan fingerprint density at radius 3 is 2.65 bits per heavy atom. The summed E-state index contributed by atoms with van der Waals surface area (Å²) in [4.78, 5) is 0. The van der Waals surface area contributed by atoms with Crippen molar-refractivity contribution in [3.8, 4) is 0 Å². The normalized spacial score (nSPS) is 23.6. The highest BCUT2D eigenvalue weighted by Crippen LogP contribution is 2.33. The Morgan fingerprint density at radius 1 is 1.20 bits per heavy atom. The van der Waals surface area contributed by atoms with Gasteiger partial charge in [0.25, 0.3) is 0 Å². The lowest BCUT2D eigenvalue weighted by Gasteiger charge is -2.26. The Morgan fingerprint density at radius 2 is 1.95 bits per heavy atom. The lowest BCUT2D eigenvalue weighted by Crippen LogP contribution is -2.28. The zero-order valence-corrected chi connectivity index (χ0v) is 13.9. The number of hydrogen-bond acceptors (Lipinski definition) is 1. The van der Waals surface area contributed by atoms with Crippen LogP contribution in [0.1, 0.15) is 44.6 Å². The summed E-state index contributed by atoms with van der Waals surface area (Å²) < 4.78 is 14.1. The summed E-state index contributed by atoms with van der Waals surface area (Å²) in [6.07, 6.45) is 7.76. The van der Waals surface area contributed by atoms with E-state index >= 15 is 0 Å². The summed E-state index contributed by atoms with van der Waals surface area (Å²) in [5.74, 6) is 1.32. The number of benzene rings is 1. The van der Waals surface area contributed by atoms with Gasteiger partial charge in [0.2, 0.25) is 0 Å². The van der Waals surface area contributed by atoms with Crippen LogP contribution in [0.5, 0.6) is 0 Å². The maximum atomic E-state index is 13.2. The summed E-state index contributed by atoms with van der Waals surface area (Å²) in [5.41, 5.74) is 1.25. The molecule has 1 aromatic rings. The molecule has 112 valence electrons. The zero-order valence-electron chi connectivity index (χ0n) is 12.3. The molecule has 1 N–H and O–H groups in total. The van der Waals surface area contributed by atoms with E-state index in [1.807, 2.05) is 6.07 Å². The van der Waals surface area contributed by atoms with Crippen molar-refractivity contribution in [3.63, 3.8) is 0 Å². The quantitative estimate of drug-likeness (QED) is 0.748. The highest BCUT2D eigenvalue weighted by Gasteiger charge is 2.24. The van der Waals surface area contributed by atoms with Crippen molar-refractivity contribution in [2.75, 3.05) is 13.1 Å². The Kier molecular flexibility index (Phi) is 6.50. The molecule has 0 aliphatic heterocycles. The highest BCUT2D eigenvalue weighted by molar-refractivity contribution is 9.10. The first-order valence-electron chi connectivity index (χ1n) is 7.85. The molecule has 1 fully saturated rings. The standard InChI is InChI=1S/C17H25BrFN/c1-2-20-12-15-7-5-3-4-6-13(15)10-14-8-9-16(19)11-17(14)18/h8-9,11,13,15,20H,2-7,10,12H2,1H3. The van der Waals surface area contributed by atoms with E-state index < -0.39 is 0 Å². The third-order valence-electron chi connectivity index (χ3n) is 4.47. The molecule has 1 nitrogen and oxygen atoms in total. The SMILES string of the molecule is CCNCC1CCCCCC1Cc1ccc(F)cc1Br. The van der Waals surface area contributed by atoms with Gasteiger partial charge >= 0.3 is 0 Å². The largest absolute Gasteiger partial charge is 0.317 e. The highest BCUT2D eigenvalue weighted by atomic mass is 79.9. The maximum Gasteiger partial charge on any atom is 0.124 e. The number of rotatable bonds is 5. The predicted molar refractivity (Wildman–Crippen MR) is 86.4 cm³/mol. The van der Waals surface area contributed by atoms with E-state index in [0.717, 1.165) is 35.8 Å². The first-order valence-corrected chi connectivity index (χ1v) is 8.64. The lowest BCUT2D eigenvalue weighted by atomic mass is 9.83. The minimum absolute atomic E-state index is 0.161. The topological polar surface area (TPSA) is 12.0 Å². The van der Waals surface area contributed by atoms with E-state index in [1.54, 1.807) is 12.1 Å². The van der Waals surface area contributed by atoms with Gasteiger partial charge in [0.1, 0.15) is 5.82 Å². The molecule has 3 heteroatoms. The van der Waals surface area contributed by atoms with E-state index in [-0.39, 0.29) is 5.82 Å². The number of nitrogens with one attached hydrogen (secondary N) is 1. The Labute approximate surface area is 130 Å². The smallest absolute Gasteiger partial charge is 0.124 e. The van der Waals surface area contributed by atoms with Gasteiger partial charge in [-0.3, -0.25) is 0 Å².